The predicted molar refractivity (Wildman–Crippen MR) is 105 cm³/mol. The van der Waals surface area contributed by atoms with Crippen LogP contribution >= 0.6 is 0 Å². The van der Waals surface area contributed by atoms with Crippen LogP contribution < -0.4 is 4.90 Å². The van der Waals surface area contributed by atoms with Crippen molar-refractivity contribution >= 4 is 11.5 Å². The lowest BCUT2D eigenvalue weighted by atomic mass is 9.99. The molecule has 3 aromatic rings. The number of ketones is 1. The summed E-state index contributed by atoms with van der Waals surface area (Å²) >= 11 is 0. The summed E-state index contributed by atoms with van der Waals surface area (Å²) in [4.78, 5) is 19.1. The van der Waals surface area contributed by atoms with Crippen molar-refractivity contribution in [1.29, 1.82) is 0 Å². The molecule has 0 saturated heterocycles. The Kier molecular flexibility index (Phi) is 5.09. The highest BCUT2D eigenvalue weighted by Gasteiger charge is 2.30. The summed E-state index contributed by atoms with van der Waals surface area (Å²) in [5.41, 5.74) is 3.49. The zero-order valence-corrected chi connectivity index (χ0v) is 15.6. The first-order valence-corrected chi connectivity index (χ1v) is 9.36. The molecule has 0 N–H and O–H groups in total. The topological polar surface area (TPSA) is 33.2 Å². The van der Waals surface area contributed by atoms with Crippen molar-refractivity contribution in [2.45, 2.75) is 25.6 Å². The Morgan fingerprint density at radius 3 is 2.69 bits per heavy atom. The Morgan fingerprint density at radius 1 is 1.03 bits per heavy atom. The molecule has 0 aliphatic carbocycles. The van der Waals surface area contributed by atoms with Gasteiger partial charge in [0, 0.05) is 43.2 Å². The van der Waals surface area contributed by atoms with Gasteiger partial charge in [0.2, 0.25) is 0 Å². The van der Waals surface area contributed by atoms with Crippen LogP contribution in [0.2, 0.25) is 0 Å². The normalized spacial score (nSPS) is 13.8. The Hall–Kier alpha value is -3.15. The maximum absolute atomic E-state index is 12.9. The SMILES string of the molecule is O=C(Cc1cccc(C(F)(F)F)c1)c1cccc(N2CCc3ccncc3C2)c1. The van der Waals surface area contributed by atoms with Gasteiger partial charge in [0.05, 0.1) is 5.56 Å². The van der Waals surface area contributed by atoms with Crippen molar-refractivity contribution in [3.63, 3.8) is 0 Å². The molecule has 2 heterocycles. The van der Waals surface area contributed by atoms with Gasteiger partial charge in [0.1, 0.15) is 0 Å². The molecule has 0 saturated carbocycles. The standard InChI is InChI=1S/C23H19F3N2O/c24-23(25,26)20-5-1-3-16(11-20)12-22(29)18-4-2-6-21(13-18)28-10-8-17-7-9-27-14-19(17)15-28/h1-7,9,11,13-14H,8,10,12,15H2. The number of nitrogens with zero attached hydrogens (tertiary/aromatic N) is 2. The minimum Gasteiger partial charge on any atom is -0.367 e. The third-order valence-electron chi connectivity index (χ3n) is 5.17. The molecule has 0 fully saturated rings. The van der Waals surface area contributed by atoms with Gasteiger partial charge in [0.15, 0.2) is 5.78 Å². The zero-order chi connectivity index (χ0) is 20.4. The van der Waals surface area contributed by atoms with Gasteiger partial charge in [-0.15, -0.1) is 0 Å². The average molecular weight is 396 g/mol. The highest BCUT2D eigenvalue weighted by molar-refractivity contribution is 5.98. The molecule has 29 heavy (non-hydrogen) atoms. The maximum atomic E-state index is 12.9. The fourth-order valence-corrected chi connectivity index (χ4v) is 3.62. The van der Waals surface area contributed by atoms with E-state index in [0.29, 0.717) is 17.7 Å². The summed E-state index contributed by atoms with van der Waals surface area (Å²) in [6.45, 7) is 1.55. The number of Topliss-reactive ketones (excluding diaryl/α,β-unsaturated/α-hetero) is 1. The Morgan fingerprint density at radius 2 is 1.86 bits per heavy atom. The van der Waals surface area contributed by atoms with Crippen molar-refractivity contribution in [2.24, 2.45) is 0 Å². The van der Waals surface area contributed by atoms with Gasteiger partial charge >= 0.3 is 6.18 Å². The summed E-state index contributed by atoms with van der Waals surface area (Å²) in [5, 5.41) is 0. The van der Waals surface area contributed by atoms with Crippen molar-refractivity contribution in [1.82, 2.24) is 4.98 Å². The Labute approximate surface area is 166 Å². The number of aromatic nitrogens is 1. The summed E-state index contributed by atoms with van der Waals surface area (Å²) in [6.07, 6.45) is 0.0739. The average Bonchev–Trinajstić information content (AvgIpc) is 2.73. The van der Waals surface area contributed by atoms with Crippen LogP contribution in [0.25, 0.3) is 0 Å². The number of fused-ring (bicyclic) bond motifs is 1. The molecule has 2 aromatic carbocycles. The van der Waals surface area contributed by atoms with Crippen LogP contribution in [0.3, 0.4) is 0 Å². The number of anilines is 1. The number of pyridine rings is 1. The molecule has 0 amide bonds. The lowest BCUT2D eigenvalue weighted by Crippen LogP contribution is -2.30. The minimum absolute atomic E-state index is 0.0693. The molecule has 0 spiro atoms. The highest BCUT2D eigenvalue weighted by atomic mass is 19.4. The summed E-state index contributed by atoms with van der Waals surface area (Å²) in [5.74, 6) is -0.203. The van der Waals surface area contributed by atoms with Crippen LogP contribution in [0.15, 0.2) is 67.0 Å². The molecule has 4 rings (SSSR count). The lowest BCUT2D eigenvalue weighted by molar-refractivity contribution is -0.137. The van der Waals surface area contributed by atoms with E-state index in [1.165, 1.54) is 17.2 Å². The molecule has 1 aliphatic rings. The van der Waals surface area contributed by atoms with Gasteiger partial charge < -0.3 is 4.90 Å². The quantitative estimate of drug-likeness (QED) is 0.576. The molecule has 0 unspecified atom stereocenters. The number of rotatable bonds is 4. The van der Waals surface area contributed by atoms with Crippen molar-refractivity contribution < 1.29 is 18.0 Å². The van der Waals surface area contributed by atoms with E-state index in [0.717, 1.165) is 30.8 Å². The monoisotopic (exact) mass is 396 g/mol. The zero-order valence-electron chi connectivity index (χ0n) is 15.6. The summed E-state index contributed by atoms with van der Waals surface area (Å²) in [7, 11) is 0. The van der Waals surface area contributed by atoms with E-state index in [1.807, 2.05) is 30.5 Å². The van der Waals surface area contributed by atoms with E-state index in [4.69, 9.17) is 0 Å². The third kappa shape index (κ3) is 4.31. The Bertz CT molecular complexity index is 1050. The van der Waals surface area contributed by atoms with Crippen molar-refractivity contribution in [2.75, 3.05) is 11.4 Å². The molecule has 3 nitrogen and oxygen atoms in total. The second kappa shape index (κ2) is 7.70. The number of alkyl halides is 3. The van der Waals surface area contributed by atoms with Gasteiger partial charge in [-0.2, -0.15) is 13.2 Å². The van der Waals surface area contributed by atoms with E-state index in [9.17, 15) is 18.0 Å². The van der Waals surface area contributed by atoms with E-state index in [1.54, 1.807) is 18.3 Å². The molecular weight excluding hydrogens is 377 g/mol. The predicted octanol–water partition coefficient (Wildman–Crippen LogP) is 5.09. The minimum atomic E-state index is -4.42. The van der Waals surface area contributed by atoms with Gasteiger partial charge in [-0.1, -0.05) is 30.3 Å². The Balaban J connectivity index is 1.51. The van der Waals surface area contributed by atoms with Gasteiger partial charge in [0.25, 0.3) is 0 Å². The number of halogens is 3. The fraction of sp³-hybridized carbons (Fsp3) is 0.217. The number of carbonyl (C=O) groups is 1. The number of hydrogen-bond acceptors (Lipinski definition) is 3. The summed E-state index contributed by atoms with van der Waals surface area (Å²) < 4.78 is 38.7. The molecule has 0 radical (unpaired) electrons. The first-order valence-electron chi connectivity index (χ1n) is 9.36. The van der Waals surface area contributed by atoms with Crippen LogP contribution in [0.1, 0.15) is 32.6 Å². The number of benzene rings is 2. The molecule has 1 aliphatic heterocycles. The number of carbonyl (C=O) groups excluding carboxylic acids is 1. The van der Waals surface area contributed by atoms with Gasteiger partial charge in [-0.25, -0.2) is 0 Å². The third-order valence-corrected chi connectivity index (χ3v) is 5.17. The van der Waals surface area contributed by atoms with Crippen molar-refractivity contribution in [3.05, 3.63) is 94.8 Å². The van der Waals surface area contributed by atoms with E-state index < -0.39 is 11.7 Å². The second-order valence-corrected chi connectivity index (χ2v) is 7.16. The van der Waals surface area contributed by atoms with E-state index in [-0.39, 0.29) is 12.2 Å². The first-order chi connectivity index (χ1) is 13.9. The molecule has 0 atom stereocenters. The van der Waals surface area contributed by atoms with Gasteiger partial charge in [-0.05, 0) is 47.4 Å². The molecule has 6 heteroatoms. The molecular formula is C23H19F3N2O. The van der Waals surface area contributed by atoms with Gasteiger partial charge in [-0.3, -0.25) is 9.78 Å². The summed E-state index contributed by atoms with van der Waals surface area (Å²) in [6, 6.07) is 14.2. The largest absolute Gasteiger partial charge is 0.416 e. The highest BCUT2D eigenvalue weighted by Crippen LogP contribution is 2.30. The molecule has 1 aromatic heterocycles. The molecule has 148 valence electrons. The lowest BCUT2D eigenvalue weighted by Gasteiger charge is -2.30. The van der Waals surface area contributed by atoms with Crippen LogP contribution in [0, 0.1) is 0 Å². The van der Waals surface area contributed by atoms with Crippen LogP contribution in [-0.2, 0) is 25.6 Å². The van der Waals surface area contributed by atoms with Crippen LogP contribution in [0.5, 0.6) is 0 Å². The van der Waals surface area contributed by atoms with Crippen LogP contribution in [0.4, 0.5) is 18.9 Å². The van der Waals surface area contributed by atoms with Crippen LogP contribution in [-0.4, -0.2) is 17.3 Å². The van der Waals surface area contributed by atoms with Crippen molar-refractivity contribution in [3.8, 4) is 0 Å². The van der Waals surface area contributed by atoms with E-state index in [2.05, 4.69) is 9.88 Å². The smallest absolute Gasteiger partial charge is 0.367 e. The maximum Gasteiger partial charge on any atom is 0.416 e. The van der Waals surface area contributed by atoms with E-state index >= 15 is 0 Å². The molecule has 0 bridgehead atoms. The second-order valence-electron chi connectivity index (χ2n) is 7.16. The fourth-order valence-electron chi connectivity index (χ4n) is 3.62. The first kappa shape index (κ1) is 19.2. The number of hydrogen-bond donors (Lipinski definition) is 0.